The average Bonchev–Trinajstić information content (AvgIpc) is 2.13. The second-order valence-corrected chi connectivity index (χ2v) is 3.91. The second kappa shape index (κ2) is 5.47. The number of ether oxygens (including phenoxy) is 1. The Morgan fingerprint density at radius 2 is 2.06 bits per heavy atom. The van der Waals surface area contributed by atoms with Gasteiger partial charge in [0.2, 0.25) is 5.88 Å². The summed E-state index contributed by atoms with van der Waals surface area (Å²) in [4.78, 5) is 7.88. The van der Waals surface area contributed by atoms with Crippen LogP contribution in [0, 0.1) is 0 Å². The molecule has 0 radical (unpaired) electrons. The SMILES string of the molecule is CCCc1nc(Br)cc(OCC(F)(F)F)n1. The van der Waals surface area contributed by atoms with E-state index in [2.05, 4.69) is 30.6 Å². The van der Waals surface area contributed by atoms with Crippen LogP contribution in [-0.2, 0) is 6.42 Å². The number of rotatable bonds is 4. The Hall–Kier alpha value is -0.850. The van der Waals surface area contributed by atoms with E-state index in [4.69, 9.17) is 0 Å². The molecular weight excluding hydrogens is 289 g/mol. The smallest absolute Gasteiger partial charge is 0.422 e. The number of nitrogens with zero attached hydrogens (tertiary/aromatic N) is 2. The van der Waals surface area contributed by atoms with Crippen molar-refractivity contribution < 1.29 is 17.9 Å². The maximum absolute atomic E-state index is 11.9. The first-order chi connectivity index (χ1) is 7.40. The molecular formula is C9H10BrF3N2O. The minimum atomic E-state index is -4.36. The van der Waals surface area contributed by atoms with Crippen LogP contribution in [0.25, 0.3) is 0 Å². The number of hydrogen-bond acceptors (Lipinski definition) is 3. The van der Waals surface area contributed by atoms with Gasteiger partial charge in [-0.25, -0.2) is 4.98 Å². The van der Waals surface area contributed by atoms with Crippen molar-refractivity contribution in [2.24, 2.45) is 0 Å². The van der Waals surface area contributed by atoms with Crippen molar-refractivity contribution in [1.29, 1.82) is 0 Å². The Bertz CT molecular complexity index is 357. The zero-order valence-electron chi connectivity index (χ0n) is 8.51. The van der Waals surface area contributed by atoms with Crippen LogP contribution in [0.2, 0.25) is 0 Å². The molecule has 1 heterocycles. The molecule has 0 amide bonds. The van der Waals surface area contributed by atoms with Gasteiger partial charge in [-0.3, -0.25) is 0 Å². The Balaban J connectivity index is 2.72. The monoisotopic (exact) mass is 298 g/mol. The maximum atomic E-state index is 11.9. The molecule has 0 aliphatic carbocycles. The van der Waals surface area contributed by atoms with Gasteiger partial charge in [0.15, 0.2) is 6.61 Å². The number of alkyl halides is 3. The molecule has 0 unspecified atom stereocenters. The van der Waals surface area contributed by atoms with Crippen LogP contribution in [-0.4, -0.2) is 22.8 Å². The van der Waals surface area contributed by atoms with Crippen LogP contribution in [0.15, 0.2) is 10.7 Å². The molecule has 16 heavy (non-hydrogen) atoms. The summed E-state index contributed by atoms with van der Waals surface area (Å²) >= 11 is 3.09. The topological polar surface area (TPSA) is 35.0 Å². The Morgan fingerprint density at radius 3 is 2.62 bits per heavy atom. The van der Waals surface area contributed by atoms with Gasteiger partial charge in [0.25, 0.3) is 0 Å². The molecule has 0 fully saturated rings. The molecule has 90 valence electrons. The molecule has 7 heteroatoms. The Morgan fingerprint density at radius 1 is 1.38 bits per heavy atom. The van der Waals surface area contributed by atoms with Crippen molar-refractivity contribution in [3.63, 3.8) is 0 Å². The molecule has 0 bridgehead atoms. The fraction of sp³-hybridized carbons (Fsp3) is 0.556. The zero-order valence-corrected chi connectivity index (χ0v) is 10.1. The summed E-state index contributed by atoms with van der Waals surface area (Å²) in [5.41, 5.74) is 0. The third kappa shape index (κ3) is 4.78. The van der Waals surface area contributed by atoms with E-state index < -0.39 is 12.8 Å². The van der Waals surface area contributed by atoms with E-state index in [9.17, 15) is 13.2 Å². The lowest BCUT2D eigenvalue weighted by atomic mass is 10.3. The third-order valence-electron chi connectivity index (χ3n) is 1.58. The minimum absolute atomic E-state index is 0.0670. The van der Waals surface area contributed by atoms with E-state index in [0.29, 0.717) is 16.8 Å². The van der Waals surface area contributed by atoms with Crippen LogP contribution in [0.4, 0.5) is 13.2 Å². The molecule has 1 rings (SSSR count). The fourth-order valence-corrected chi connectivity index (χ4v) is 1.41. The quantitative estimate of drug-likeness (QED) is 0.801. The highest BCUT2D eigenvalue weighted by Crippen LogP contribution is 2.19. The number of aromatic nitrogens is 2. The highest BCUT2D eigenvalue weighted by atomic mass is 79.9. The average molecular weight is 299 g/mol. The Kier molecular flexibility index (Phi) is 4.52. The van der Waals surface area contributed by atoms with Crippen molar-refractivity contribution in [3.8, 4) is 5.88 Å². The molecule has 0 spiro atoms. The lowest BCUT2D eigenvalue weighted by molar-refractivity contribution is -0.154. The number of halogens is 4. The summed E-state index contributed by atoms with van der Waals surface area (Å²) < 4.78 is 40.7. The van der Waals surface area contributed by atoms with Gasteiger partial charge in [-0.15, -0.1) is 0 Å². The predicted molar refractivity (Wildman–Crippen MR) is 55.3 cm³/mol. The van der Waals surface area contributed by atoms with Crippen molar-refractivity contribution in [3.05, 3.63) is 16.5 Å². The van der Waals surface area contributed by atoms with Gasteiger partial charge >= 0.3 is 6.18 Å². The van der Waals surface area contributed by atoms with Gasteiger partial charge in [0.1, 0.15) is 10.4 Å². The van der Waals surface area contributed by atoms with E-state index in [0.717, 1.165) is 6.42 Å². The van der Waals surface area contributed by atoms with Crippen LogP contribution in [0.3, 0.4) is 0 Å². The van der Waals surface area contributed by atoms with Gasteiger partial charge in [-0.1, -0.05) is 6.92 Å². The van der Waals surface area contributed by atoms with Crippen molar-refractivity contribution >= 4 is 15.9 Å². The summed E-state index contributed by atoms with van der Waals surface area (Å²) in [6, 6.07) is 1.31. The molecule has 0 saturated heterocycles. The maximum Gasteiger partial charge on any atom is 0.422 e. The van der Waals surface area contributed by atoms with Crippen LogP contribution < -0.4 is 4.74 Å². The number of aryl methyl sites for hydroxylation is 1. The Labute approximate surface area is 99.2 Å². The first-order valence-corrected chi connectivity index (χ1v) is 5.43. The first kappa shape index (κ1) is 13.2. The van der Waals surface area contributed by atoms with E-state index in [-0.39, 0.29) is 5.88 Å². The molecule has 0 atom stereocenters. The van der Waals surface area contributed by atoms with Gasteiger partial charge in [-0.2, -0.15) is 18.2 Å². The molecule has 0 aliphatic heterocycles. The highest BCUT2D eigenvalue weighted by Gasteiger charge is 2.28. The highest BCUT2D eigenvalue weighted by molar-refractivity contribution is 9.10. The van der Waals surface area contributed by atoms with Gasteiger partial charge in [0.05, 0.1) is 0 Å². The van der Waals surface area contributed by atoms with Gasteiger partial charge in [-0.05, 0) is 22.4 Å². The summed E-state index contributed by atoms with van der Waals surface area (Å²) in [7, 11) is 0. The normalized spacial score (nSPS) is 11.6. The third-order valence-corrected chi connectivity index (χ3v) is 1.98. The molecule has 0 N–H and O–H groups in total. The summed E-state index contributed by atoms with van der Waals surface area (Å²) in [6.07, 6.45) is -2.95. The standard InChI is InChI=1S/C9H10BrF3N2O/c1-2-3-7-14-6(10)4-8(15-7)16-5-9(11,12)13/h4H,2-3,5H2,1H3. The van der Waals surface area contributed by atoms with Crippen molar-refractivity contribution in [1.82, 2.24) is 9.97 Å². The molecule has 0 saturated carbocycles. The second-order valence-electron chi connectivity index (χ2n) is 3.10. The van der Waals surface area contributed by atoms with E-state index in [1.54, 1.807) is 0 Å². The fourth-order valence-electron chi connectivity index (χ4n) is 1.01. The van der Waals surface area contributed by atoms with Crippen molar-refractivity contribution in [2.75, 3.05) is 6.61 Å². The number of hydrogen-bond donors (Lipinski definition) is 0. The van der Waals surface area contributed by atoms with E-state index >= 15 is 0 Å². The van der Waals surface area contributed by atoms with E-state index in [1.165, 1.54) is 6.07 Å². The summed E-state index contributed by atoms with van der Waals surface area (Å²) in [5.74, 6) is 0.400. The zero-order chi connectivity index (χ0) is 12.2. The van der Waals surface area contributed by atoms with Crippen LogP contribution in [0.5, 0.6) is 5.88 Å². The van der Waals surface area contributed by atoms with Gasteiger partial charge < -0.3 is 4.74 Å². The van der Waals surface area contributed by atoms with Crippen LogP contribution in [0.1, 0.15) is 19.2 Å². The first-order valence-electron chi connectivity index (χ1n) is 4.63. The van der Waals surface area contributed by atoms with Crippen molar-refractivity contribution in [2.45, 2.75) is 25.9 Å². The molecule has 0 aromatic carbocycles. The summed E-state index contributed by atoms with van der Waals surface area (Å²) in [5, 5.41) is 0. The summed E-state index contributed by atoms with van der Waals surface area (Å²) in [6.45, 7) is 0.586. The molecule has 0 aliphatic rings. The van der Waals surface area contributed by atoms with E-state index in [1.807, 2.05) is 6.92 Å². The predicted octanol–water partition coefficient (Wildman–Crippen LogP) is 3.13. The van der Waals surface area contributed by atoms with Crippen LogP contribution >= 0.6 is 15.9 Å². The molecule has 1 aromatic rings. The lowest BCUT2D eigenvalue weighted by Gasteiger charge is -2.09. The van der Waals surface area contributed by atoms with Gasteiger partial charge in [0, 0.05) is 12.5 Å². The lowest BCUT2D eigenvalue weighted by Crippen LogP contribution is -2.20. The molecule has 3 nitrogen and oxygen atoms in total. The largest absolute Gasteiger partial charge is 0.468 e. The molecule has 1 aromatic heterocycles. The minimum Gasteiger partial charge on any atom is -0.468 e.